The van der Waals surface area contributed by atoms with Gasteiger partial charge in [0.15, 0.2) is 0 Å². The average molecular weight is 685 g/mol. The monoisotopic (exact) mass is 684 g/mol. The number of likely N-dealkylation sites (tertiary alicyclic amines) is 2. The summed E-state index contributed by atoms with van der Waals surface area (Å²) in [5.74, 6) is -3.50. The van der Waals surface area contributed by atoms with E-state index in [0.717, 1.165) is 6.42 Å². The zero-order valence-electron chi connectivity index (χ0n) is 30.6. The number of piperidine rings is 2. The van der Waals surface area contributed by atoms with Crippen molar-refractivity contribution in [1.29, 1.82) is 0 Å². The highest BCUT2D eigenvalue weighted by Crippen LogP contribution is 2.65. The molecule has 0 bridgehead atoms. The Hall–Kier alpha value is -3.77. The Labute approximate surface area is 290 Å². The minimum atomic E-state index is -1.05. The molecule has 0 aromatic carbocycles. The van der Waals surface area contributed by atoms with Crippen LogP contribution >= 0.6 is 0 Å². The Bertz CT molecular complexity index is 1370. The van der Waals surface area contributed by atoms with Crippen molar-refractivity contribution in [2.24, 2.45) is 39.9 Å². The number of unbranched alkanes of at least 4 members (excludes halogenated alkanes) is 1. The predicted molar refractivity (Wildman–Crippen MR) is 182 cm³/mol. The quantitative estimate of drug-likeness (QED) is 0.123. The smallest absolute Gasteiger partial charge is 0.315 e. The predicted octanol–water partition coefficient (Wildman–Crippen LogP) is 2.15. The van der Waals surface area contributed by atoms with Crippen LogP contribution in [-0.2, 0) is 28.8 Å². The summed E-state index contributed by atoms with van der Waals surface area (Å²) in [6, 6.07) is -4.19. The van der Waals surface area contributed by atoms with Gasteiger partial charge >= 0.3 is 6.03 Å². The van der Waals surface area contributed by atoms with E-state index in [4.69, 9.17) is 0 Å². The Balaban J connectivity index is 1.51. The number of ketones is 1. The standard InChI is InChI=1S/C36H56N6O7/c1-11-13-14-22(26(43)29(45)37-15-12-2)38-28(44)25-24-21(36(24,9)10)17-41(25)32(48)27(35(6,7)8)40-33(49)39-23(34(3,4)5)18-42-30(46)19-16-20(19)31(42)47/h12,19-25,27H,2,11,13-18H2,1,3-10H3,(H,37,45)(H,38,44)(H2,39,40,49)/t19?,20?,21-,22?,23-,24-,25-,27+/m0/s1. The zero-order valence-corrected chi connectivity index (χ0v) is 30.6. The SMILES string of the molecule is C=CCNC(=O)C(=O)C(CCCC)NC(=O)[C@@H]1[C@@H]2[C@H](CN1C(=O)[C@@H](NC(=O)N[C@@H](CN1C(=O)C3CC3C1=O)C(C)(C)C)C(C)(C)C)C2(C)C. The number of imide groups is 1. The van der Waals surface area contributed by atoms with Gasteiger partial charge in [-0.3, -0.25) is 33.7 Å². The van der Waals surface area contributed by atoms with Gasteiger partial charge in [-0.25, -0.2) is 4.79 Å². The van der Waals surface area contributed by atoms with E-state index in [-0.39, 0.29) is 60.4 Å². The molecular weight excluding hydrogens is 628 g/mol. The van der Waals surface area contributed by atoms with Crippen molar-refractivity contribution >= 4 is 41.4 Å². The maximum Gasteiger partial charge on any atom is 0.315 e. The van der Waals surface area contributed by atoms with Crippen molar-refractivity contribution in [3.8, 4) is 0 Å². The molecule has 272 valence electrons. The number of rotatable bonds is 14. The van der Waals surface area contributed by atoms with Crippen LogP contribution in [0.25, 0.3) is 0 Å². The maximum atomic E-state index is 14.4. The number of nitrogens with one attached hydrogen (secondary N) is 4. The fourth-order valence-electron chi connectivity index (χ4n) is 7.45. The first-order chi connectivity index (χ1) is 22.7. The lowest BCUT2D eigenvalue weighted by Crippen LogP contribution is -2.63. The molecule has 2 saturated carbocycles. The van der Waals surface area contributed by atoms with Crippen LogP contribution in [0.5, 0.6) is 0 Å². The lowest BCUT2D eigenvalue weighted by molar-refractivity contribution is -0.145. The summed E-state index contributed by atoms with van der Waals surface area (Å²) in [6.45, 7) is 21.2. The molecular formula is C36H56N6O7. The van der Waals surface area contributed by atoms with Crippen molar-refractivity contribution in [1.82, 2.24) is 31.1 Å². The largest absolute Gasteiger partial charge is 0.346 e. The molecule has 49 heavy (non-hydrogen) atoms. The molecule has 4 aliphatic rings. The zero-order chi connectivity index (χ0) is 36.8. The highest BCUT2D eigenvalue weighted by atomic mass is 16.2. The minimum Gasteiger partial charge on any atom is -0.346 e. The summed E-state index contributed by atoms with van der Waals surface area (Å²) in [4.78, 5) is 95.8. The molecule has 2 aliphatic carbocycles. The second-order valence-electron chi connectivity index (χ2n) is 17.0. The van der Waals surface area contributed by atoms with E-state index in [0.29, 0.717) is 19.4 Å². The number of hydrogen-bond acceptors (Lipinski definition) is 7. The first kappa shape index (κ1) is 38.0. The Morgan fingerprint density at radius 3 is 2.10 bits per heavy atom. The van der Waals surface area contributed by atoms with Crippen LogP contribution in [0.3, 0.4) is 0 Å². The second kappa shape index (κ2) is 13.9. The number of hydrogen-bond donors (Lipinski definition) is 4. The van der Waals surface area contributed by atoms with Crippen molar-refractivity contribution < 1.29 is 33.6 Å². The fourth-order valence-corrected chi connectivity index (χ4v) is 7.45. The van der Waals surface area contributed by atoms with Gasteiger partial charge in [-0.2, -0.15) is 0 Å². The van der Waals surface area contributed by atoms with Crippen molar-refractivity contribution in [2.45, 2.75) is 112 Å². The Morgan fingerprint density at radius 2 is 1.57 bits per heavy atom. The van der Waals surface area contributed by atoms with Crippen LogP contribution in [0, 0.1) is 39.9 Å². The number of carbonyl (C=O) groups excluding carboxylic acids is 7. The Morgan fingerprint density at radius 1 is 0.959 bits per heavy atom. The van der Waals surface area contributed by atoms with Gasteiger partial charge in [0, 0.05) is 19.6 Å². The molecule has 4 fully saturated rings. The van der Waals surface area contributed by atoms with Gasteiger partial charge in [0.25, 0.3) is 5.91 Å². The van der Waals surface area contributed by atoms with E-state index >= 15 is 0 Å². The first-order valence-corrected chi connectivity index (χ1v) is 17.6. The van der Waals surface area contributed by atoms with Crippen LogP contribution in [-0.4, -0.2) is 95.0 Å². The van der Waals surface area contributed by atoms with Crippen LogP contribution in [0.2, 0.25) is 0 Å². The molecule has 2 heterocycles. The molecule has 8 atom stereocenters. The summed E-state index contributed by atoms with van der Waals surface area (Å²) < 4.78 is 0. The van der Waals surface area contributed by atoms with Crippen LogP contribution in [0.1, 0.15) is 88.0 Å². The molecule has 3 unspecified atom stereocenters. The van der Waals surface area contributed by atoms with Gasteiger partial charge in [-0.15, -0.1) is 6.58 Å². The maximum absolute atomic E-state index is 14.4. The summed E-state index contributed by atoms with van der Waals surface area (Å²) in [7, 11) is 0. The third-order valence-electron chi connectivity index (χ3n) is 10.9. The average Bonchev–Trinajstić information content (AvgIpc) is 3.81. The highest BCUT2D eigenvalue weighted by molar-refractivity contribution is 6.38. The molecule has 13 nitrogen and oxygen atoms in total. The molecule has 4 rings (SSSR count). The normalized spacial score (nSPS) is 26.9. The third kappa shape index (κ3) is 7.85. The summed E-state index contributed by atoms with van der Waals surface area (Å²) in [5.41, 5.74) is -1.50. The van der Waals surface area contributed by atoms with Gasteiger partial charge in [0.2, 0.25) is 29.4 Å². The summed E-state index contributed by atoms with van der Waals surface area (Å²) in [5, 5.41) is 11.1. The van der Waals surface area contributed by atoms with Crippen molar-refractivity contribution in [3.05, 3.63) is 12.7 Å². The van der Waals surface area contributed by atoms with Gasteiger partial charge in [-0.05, 0) is 40.9 Å². The molecule has 13 heteroatoms. The van der Waals surface area contributed by atoms with Gasteiger partial charge in [-0.1, -0.05) is 81.2 Å². The molecule has 0 aromatic heterocycles. The number of urea groups is 1. The summed E-state index contributed by atoms with van der Waals surface area (Å²) in [6.07, 6.45) is 3.69. The van der Waals surface area contributed by atoms with E-state index in [1.54, 1.807) is 0 Å². The third-order valence-corrected chi connectivity index (χ3v) is 10.9. The second-order valence-corrected chi connectivity index (χ2v) is 17.0. The van der Waals surface area contributed by atoms with Gasteiger partial charge < -0.3 is 26.2 Å². The minimum absolute atomic E-state index is 0.0338. The van der Waals surface area contributed by atoms with Crippen LogP contribution in [0.4, 0.5) is 4.79 Å². The number of Topliss-reactive ketones (excluding diaryl/α,β-unsaturated/α-hetero) is 1. The van der Waals surface area contributed by atoms with Crippen molar-refractivity contribution in [3.63, 3.8) is 0 Å². The van der Waals surface area contributed by atoms with E-state index in [2.05, 4.69) is 27.8 Å². The van der Waals surface area contributed by atoms with E-state index < -0.39 is 64.5 Å². The van der Waals surface area contributed by atoms with Gasteiger partial charge in [0.1, 0.15) is 12.1 Å². The lowest BCUT2D eigenvalue weighted by atomic mass is 9.85. The van der Waals surface area contributed by atoms with E-state index in [9.17, 15) is 33.6 Å². The molecule has 4 N–H and O–H groups in total. The molecule has 2 aliphatic heterocycles. The lowest BCUT2D eigenvalue weighted by Gasteiger charge is -2.39. The number of nitrogens with zero attached hydrogens (tertiary/aromatic N) is 2. The molecule has 7 amide bonds. The summed E-state index contributed by atoms with van der Waals surface area (Å²) >= 11 is 0. The van der Waals surface area contributed by atoms with Gasteiger partial charge in [0.05, 0.1) is 23.9 Å². The van der Waals surface area contributed by atoms with Crippen LogP contribution < -0.4 is 21.3 Å². The number of carbonyl (C=O) groups is 7. The first-order valence-electron chi connectivity index (χ1n) is 17.6. The number of amides is 7. The molecule has 0 spiro atoms. The Kier molecular flexibility index (Phi) is 10.8. The number of fused-ring (bicyclic) bond motifs is 2. The molecule has 0 aromatic rings. The fraction of sp³-hybridized carbons (Fsp3) is 0.750. The highest BCUT2D eigenvalue weighted by Gasteiger charge is 2.70. The van der Waals surface area contributed by atoms with E-state index in [1.807, 2.05) is 62.3 Å². The molecule has 2 saturated heterocycles. The van der Waals surface area contributed by atoms with Crippen LogP contribution in [0.15, 0.2) is 12.7 Å². The molecule has 0 radical (unpaired) electrons. The van der Waals surface area contributed by atoms with E-state index in [1.165, 1.54) is 15.9 Å². The topological polar surface area (TPSA) is 174 Å². The van der Waals surface area contributed by atoms with Crippen molar-refractivity contribution in [2.75, 3.05) is 19.6 Å².